The molecule has 1 aromatic heterocycles. The van der Waals surface area contributed by atoms with Crippen molar-refractivity contribution in [2.75, 3.05) is 32.6 Å². The van der Waals surface area contributed by atoms with E-state index in [9.17, 15) is 13.2 Å². The number of sulfonamides is 1. The van der Waals surface area contributed by atoms with Gasteiger partial charge in [-0.1, -0.05) is 17.3 Å². The van der Waals surface area contributed by atoms with Gasteiger partial charge in [-0.3, -0.25) is 10.1 Å². The van der Waals surface area contributed by atoms with Gasteiger partial charge in [0.2, 0.25) is 10.0 Å². The number of amides is 1. The number of nitrogens with zero attached hydrogens (tertiary/aromatic N) is 3. The molecule has 0 radical (unpaired) electrons. The molecule has 10 nitrogen and oxygen atoms in total. The first kappa shape index (κ1) is 24.7. The van der Waals surface area contributed by atoms with Crippen molar-refractivity contribution in [3.63, 3.8) is 0 Å². The summed E-state index contributed by atoms with van der Waals surface area (Å²) >= 11 is 0. The van der Waals surface area contributed by atoms with E-state index in [0.717, 1.165) is 0 Å². The van der Waals surface area contributed by atoms with Crippen molar-refractivity contribution in [1.82, 2.24) is 14.5 Å². The van der Waals surface area contributed by atoms with Crippen molar-refractivity contribution in [2.45, 2.75) is 4.90 Å². The highest BCUT2D eigenvalue weighted by atomic mass is 32.2. The second-order valence-electron chi connectivity index (χ2n) is 6.86. The van der Waals surface area contributed by atoms with Crippen LogP contribution in [0.25, 0.3) is 11.5 Å². The highest BCUT2D eigenvalue weighted by Gasteiger charge is 2.23. The predicted molar refractivity (Wildman–Crippen MR) is 126 cm³/mol. The Kier molecular flexibility index (Phi) is 7.82. The molecule has 34 heavy (non-hydrogen) atoms. The number of aromatic nitrogens is 2. The van der Waals surface area contributed by atoms with E-state index in [2.05, 4.69) is 28.7 Å². The molecule has 0 atom stereocenters. The topological polar surface area (TPSA) is 124 Å². The molecule has 3 rings (SSSR count). The molecule has 2 aromatic carbocycles. The first-order chi connectivity index (χ1) is 16.3. The summed E-state index contributed by atoms with van der Waals surface area (Å²) < 4.78 is 42.8. The van der Waals surface area contributed by atoms with Gasteiger partial charge in [0.1, 0.15) is 11.5 Å². The van der Waals surface area contributed by atoms with Crippen LogP contribution in [-0.2, 0) is 10.0 Å². The molecule has 0 unspecified atom stereocenters. The van der Waals surface area contributed by atoms with Gasteiger partial charge in [0.15, 0.2) is 0 Å². The molecule has 0 fully saturated rings. The van der Waals surface area contributed by atoms with Crippen LogP contribution in [0.1, 0.15) is 10.4 Å². The predicted octanol–water partition coefficient (Wildman–Crippen LogP) is 3.37. The number of methoxy groups -OCH3 is 2. The summed E-state index contributed by atoms with van der Waals surface area (Å²) in [6, 6.07) is 10.4. The first-order valence-corrected chi connectivity index (χ1v) is 11.5. The number of carbonyl (C=O) groups is 1. The minimum absolute atomic E-state index is 0.0411. The van der Waals surface area contributed by atoms with Gasteiger partial charge in [-0.05, 0) is 36.4 Å². The second kappa shape index (κ2) is 10.8. The quantitative estimate of drug-likeness (QED) is 0.411. The summed E-state index contributed by atoms with van der Waals surface area (Å²) in [5.41, 5.74) is 0.731. The Morgan fingerprint density at radius 3 is 2.32 bits per heavy atom. The van der Waals surface area contributed by atoms with Gasteiger partial charge in [0, 0.05) is 24.7 Å². The van der Waals surface area contributed by atoms with Crippen molar-refractivity contribution in [1.29, 1.82) is 0 Å². The first-order valence-electron chi connectivity index (χ1n) is 10.0. The highest BCUT2D eigenvalue weighted by Crippen LogP contribution is 2.33. The largest absolute Gasteiger partial charge is 0.497 e. The lowest BCUT2D eigenvalue weighted by molar-refractivity contribution is 0.102. The van der Waals surface area contributed by atoms with E-state index >= 15 is 0 Å². The lowest BCUT2D eigenvalue weighted by Crippen LogP contribution is -2.31. The normalized spacial score (nSPS) is 11.1. The van der Waals surface area contributed by atoms with Gasteiger partial charge in [-0.2, -0.15) is 4.31 Å². The van der Waals surface area contributed by atoms with Crippen LogP contribution in [0.3, 0.4) is 0 Å². The highest BCUT2D eigenvalue weighted by molar-refractivity contribution is 7.89. The van der Waals surface area contributed by atoms with Crippen LogP contribution in [0.15, 0.2) is 77.1 Å². The van der Waals surface area contributed by atoms with Gasteiger partial charge in [0.05, 0.1) is 24.7 Å². The Morgan fingerprint density at radius 2 is 1.74 bits per heavy atom. The third-order valence-electron chi connectivity index (χ3n) is 4.70. The summed E-state index contributed by atoms with van der Waals surface area (Å²) in [5, 5.41) is 10.3. The van der Waals surface area contributed by atoms with Crippen molar-refractivity contribution in [3.05, 3.63) is 73.3 Å². The van der Waals surface area contributed by atoms with Crippen LogP contribution in [0.2, 0.25) is 0 Å². The zero-order chi connectivity index (χ0) is 24.7. The standard InChI is InChI=1S/C23H24N4O6S/c1-5-13-27(14-6-2)34(29,30)18-10-7-16(8-11-18)21(28)24-23-26-25-22(33-23)19-12-9-17(31-3)15-20(19)32-4/h5-12,15H,1-2,13-14H2,3-4H3,(H,24,26,28). The van der Waals surface area contributed by atoms with Crippen LogP contribution < -0.4 is 14.8 Å². The lowest BCUT2D eigenvalue weighted by Gasteiger charge is -2.19. The Morgan fingerprint density at radius 1 is 1.06 bits per heavy atom. The molecule has 1 N–H and O–H groups in total. The number of ether oxygens (including phenoxy) is 2. The van der Waals surface area contributed by atoms with Crippen LogP contribution in [0.4, 0.5) is 6.01 Å². The van der Waals surface area contributed by atoms with Crippen molar-refractivity contribution in [2.24, 2.45) is 0 Å². The fraction of sp³-hybridized carbons (Fsp3) is 0.174. The summed E-state index contributed by atoms with van der Waals surface area (Å²) in [6.07, 6.45) is 2.98. The maximum Gasteiger partial charge on any atom is 0.322 e. The van der Waals surface area contributed by atoms with Gasteiger partial charge < -0.3 is 13.9 Å². The minimum atomic E-state index is -3.77. The average Bonchev–Trinajstić information content (AvgIpc) is 3.31. The molecule has 0 spiro atoms. The monoisotopic (exact) mass is 484 g/mol. The van der Waals surface area contributed by atoms with E-state index in [1.54, 1.807) is 18.2 Å². The van der Waals surface area contributed by atoms with Crippen LogP contribution in [-0.4, -0.2) is 56.1 Å². The van der Waals surface area contributed by atoms with Gasteiger partial charge in [0.25, 0.3) is 11.8 Å². The zero-order valence-corrected chi connectivity index (χ0v) is 19.5. The SMILES string of the molecule is C=CCN(CC=C)S(=O)(=O)c1ccc(C(=O)Nc2nnc(-c3ccc(OC)cc3OC)o2)cc1. The number of rotatable bonds is 11. The molecule has 3 aromatic rings. The van der Waals surface area contributed by atoms with E-state index < -0.39 is 15.9 Å². The Labute approximate surface area is 197 Å². The second-order valence-corrected chi connectivity index (χ2v) is 8.79. The summed E-state index contributed by atoms with van der Waals surface area (Å²) in [7, 11) is -0.736. The number of anilines is 1. The van der Waals surface area contributed by atoms with E-state index in [1.165, 1.54) is 54.9 Å². The molecule has 0 saturated heterocycles. The summed E-state index contributed by atoms with van der Waals surface area (Å²) in [5.74, 6) is 0.645. The third-order valence-corrected chi connectivity index (χ3v) is 6.55. The maximum absolute atomic E-state index is 12.8. The Balaban J connectivity index is 1.76. The maximum atomic E-state index is 12.8. The van der Waals surface area contributed by atoms with Gasteiger partial charge >= 0.3 is 6.01 Å². The summed E-state index contributed by atoms with van der Waals surface area (Å²) in [4.78, 5) is 12.6. The molecule has 0 aliphatic carbocycles. The fourth-order valence-corrected chi connectivity index (χ4v) is 4.39. The van der Waals surface area contributed by atoms with Gasteiger partial charge in [-0.15, -0.1) is 18.3 Å². The van der Waals surface area contributed by atoms with Gasteiger partial charge in [-0.25, -0.2) is 8.42 Å². The van der Waals surface area contributed by atoms with Crippen molar-refractivity contribution >= 4 is 21.9 Å². The number of nitrogens with one attached hydrogen (secondary N) is 1. The molecule has 0 aliphatic heterocycles. The Hall–Kier alpha value is -3.96. The minimum Gasteiger partial charge on any atom is -0.497 e. The van der Waals surface area contributed by atoms with Crippen molar-refractivity contribution < 1.29 is 27.1 Å². The van der Waals surface area contributed by atoms with Crippen LogP contribution in [0, 0.1) is 0 Å². The summed E-state index contributed by atoms with van der Waals surface area (Å²) in [6.45, 7) is 7.43. The van der Waals surface area contributed by atoms with E-state index in [4.69, 9.17) is 13.9 Å². The molecule has 178 valence electrons. The zero-order valence-electron chi connectivity index (χ0n) is 18.7. The van der Waals surface area contributed by atoms with Crippen LogP contribution >= 0.6 is 0 Å². The molecule has 1 heterocycles. The molecule has 0 aliphatic rings. The van der Waals surface area contributed by atoms with Crippen molar-refractivity contribution in [3.8, 4) is 23.0 Å². The van der Waals surface area contributed by atoms with Crippen LogP contribution in [0.5, 0.6) is 11.5 Å². The lowest BCUT2D eigenvalue weighted by atomic mass is 10.2. The number of hydrogen-bond donors (Lipinski definition) is 1. The molecular weight excluding hydrogens is 460 g/mol. The van der Waals surface area contributed by atoms with E-state index in [1.807, 2.05) is 0 Å². The molecule has 1 amide bonds. The van der Waals surface area contributed by atoms with E-state index in [-0.39, 0.29) is 35.5 Å². The third kappa shape index (κ3) is 5.33. The fourth-order valence-electron chi connectivity index (χ4n) is 3.01. The number of hydrogen-bond acceptors (Lipinski definition) is 8. The van der Waals surface area contributed by atoms with E-state index in [0.29, 0.717) is 17.1 Å². The smallest absolute Gasteiger partial charge is 0.322 e. The Bertz CT molecular complexity index is 1280. The number of benzene rings is 2. The molecule has 11 heteroatoms. The number of carbonyl (C=O) groups excluding carboxylic acids is 1. The molecular formula is C23H24N4O6S. The molecule has 0 saturated carbocycles. The molecule has 0 bridgehead atoms. The average molecular weight is 485 g/mol.